The van der Waals surface area contributed by atoms with Crippen LogP contribution in [0, 0.1) is 5.92 Å². The maximum atomic E-state index is 11.8. The zero-order valence-corrected chi connectivity index (χ0v) is 14.2. The molecule has 1 aromatic heterocycles. The Labute approximate surface area is 137 Å². The molecule has 0 saturated carbocycles. The second-order valence-corrected chi connectivity index (χ2v) is 6.95. The van der Waals surface area contributed by atoms with E-state index in [1.54, 1.807) is 11.2 Å². The first-order chi connectivity index (χ1) is 11.0. The SMILES string of the molecule is CC(C)N1CCC(Cc2cc(N3C[C@H](C)OC3=O)ncn2)CC1. The van der Waals surface area contributed by atoms with Gasteiger partial charge in [-0.05, 0) is 59.0 Å². The van der Waals surface area contributed by atoms with Gasteiger partial charge in [0.2, 0.25) is 0 Å². The summed E-state index contributed by atoms with van der Waals surface area (Å²) in [5, 5.41) is 0. The van der Waals surface area contributed by atoms with E-state index < -0.39 is 0 Å². The number of anilines is 1. The van der Waals surface area contributed by atoms with Crippen LogP contribution in [-0.2, 0) is 11.2 Å². The summed E-state index contributed by atoms with van der Waals surface area (Å²) in [6.07, 6.45) is 4.54. The summed E-state index contributed by atoms with van der Waals surface area (Å²) in [5.41, 5.74) is 1.02. The van der Waals surface area contributed by atoms with Gasteiger partial charge < -0.3 is 9.64 Å². The van der Waals surface area contributed by atoms with Gasteiger partial charge in [-0.3, -0.25) is 4.90 Å². The van der Waals surface area contributed by atoms with E-state index in [0.717, 1.165) is 25.2 Å². The minimum absolute atomic E-state index is 0.0822. The zero-order chi connectivity index (χ0) is 16.4. The van der Waals surface area contributed by atoms with Crippen molar-refractivity contribution in [3.05, 3.63) is 18.1 Å². The fraction of sp³-hybridized carbons (Fsp3) is 0.706. The van der Waals surface area contributed by atoms with E-state index in [9.17, 15) is 4.79 Å². The maximum Gasteiger partial charge on any atom is 0.415 e. The van der Waals surface area contributed by atoms with E-state index in [-0.39, 0.29) is 12.2 Å². The Morgan fingerprint density at radius 3 is 2.65 bits per heavy atom. The first-order valence-corrected chi connectivity index (χ1v) is 8.56. The first-order valence-electron chi connectivity index (χ1n) is 8.56. The number of hydrogen-bond acceptors (Lipinski definition) is 5. The second-order valence-electron chi connectivity index (χ2n) is 6.95. The number of rotatable bonds is 4. The largest absolute Gasteiger partial charge is 0.444 e. The van der Waals surface area contributed by atoms with Gasteiger partial charge in [0.1, 0.15) is 18.2 Å². The molecule has 0 aliphatic carbocycles. The minimum atomic E-state index is -0.313. The number of nitrogens with zero attached hydrogens (tertiary/aromatic N) is 4. The van der Waals surface area contributed by atoms with Gasteiger partial charge in [0.15, 0.2) is 0 Å². The molecule has 0 bridgehead atoms. The van der Waals surface area contributed by atoms with Crippen molar-refractivity contribution in [1.82, 2.24) is 14.9 Å². The maximum absolute atomic E-state index is 11.8. The Morgan fingerprint density at radius 1 is 1.30 bits per heavy atom. The average Bonchev–Trinajstić information content (AvgIpc) is 2.87. The lowest BCUT2D eigenvalue weighted by atomic mass is 9.91. The summed E-state index contributed by atoms with van der Waals surface area (Å²) < 4.78 is 5.17. The molecular formula is C17H26N4O2. The number of carbonyl (C=O) groups is 1. The third-order valence-electron chi connectivity index (χ3n) is 4.83. The number of piperidine rings is 1. The monoisotopic (exact) mass is 318 g/mol. The van der Waals surface area contributed by atoms with Crippen LogP contribution in [0.2, 0.25) is 0 Å². The summed E-state index contributed by atoms with van der Waals surface area (Å²) in [4.78, 5) is 24.6. The van der Waals surface area contributed by atoms with Crippen molar-refractivity contribution in [2.24, 2.45) is 5.92 Å². The molecule has 2 aliphatic rings. The molecular weight excluding hydrogens is 292 g/mol. The van der Waals surface area contributed by atoms with Gasteiger partial charge in [-0.1, -0.05) is 0 Å². The van der Waals surface area contributed by atoms with E-state index >= 15 is 0 Å². The molecule has 1 amide bonds. The normalized spacial score (nSPS) is 23.6. The molecule has 126 valence electrons. The quantitative estimate of drug-likeness (QED) is 0.853. The van der Waals surface area contributed by atoms with Gasteiger partial charge in [-0.15, -0.1) is 0 Å². The first kappa shape index (κ1) is 16.2. The van der Waals surface area contributed by atoms with Crippen molar-refractivity contribution in [3.63, 3.8) is 0 Å². The molecule has 0 radical (unpaired) electrons. The molecule has 6 heteroatoms. The summed E-state index contributed by atoms with van der Waals surface area (Å²) in [7, 11) is 0. The molecule has 6 nitrogen and oxygen atoms in total. The molecule has 1 aromatic rings. The molecule has 3 heterocycles. The highest BCUT2D eigenvalue weighted by molar-refractivity contribution is 5.88. The lowest BCUT2D eigenvalue weighted by molar-refractivity contribution is 0.149. The van der Waals surface area contributed by atoms with Crippen LogP contribution >= 0.6 is 0 Å². The lowest BCUT2D eigenvalue weighted by Crippen LogP contribution is -2.38. The van der Waals surface area contributed by atoms with Crippen molar-refractivity contribution in [2.75, 3.05) is 24.5 Å². The fourth-order valence-corrected chi connectivity index (χ4v) is 3.41. The van der Waals surface area contributed by atoms with E-state index in [4.69, 9.17) is 4.74 Å². The molecule has 2 fully saturated rings. The lowest BCUT2D eigenvalue weighted by Gasteiger charge is -2.34. The van der Waals surface area contributed by atoms with Crippen LogP contribution in [0.1, 0.15) is 39.3 Å². The van der Waals surface area contributed by atoms with E-state index in [0.29, 0.717) is 24.3 Å². The van der Waals surface area contributed by atoms with Gasteiger partial charge in [0, 0.05) is 17.8 Å². The van der Waals surface area contributed by atoms with Gasteiger partial charge in [-0.2, -0.15) is 0 Å². The van der Waals surface area contributed by atoms with Gasteiger partial charge in [0.05, 0.1) is 6.54 Å². The number of ether oxygens (including phenoxy) is 1. The number of carbonyl (C=O) groups excluding carboxylic acids is 1. The molecule has 3 rings (SSSR count). The Balaban J connectivity index is 1.61. The molecule has 1 atom stereocenters. The van der Waals surface area contributed by atoms with Gasteiger partial charge in [-0.25, -0.2) is 14.8 Å². The standard InChI is InChI=1S/C17H26N4O2/c1-12(2)20-6-4-14(5-7-20)8-15-9-16(19-11-18-15)21-10-13(3)23-17(21)22/h9,11-14H,4-8,10H2,1-3H3/t13-/m0/s1. The smallest absolute Gasteiger partial charge is 0.415 e. The zero-order valence-electron chi connectivity index (χ0n) is 14.2. The van der Waals surface area contributed by atoms with E-state index in [1.807, 2.05) is 13.0 Å². The minimum Gasteiger partial charge on any atom is -0.444 e. The summed E-state index contributed by atoms with van der Waals surface area (Å²) in [5.74, 6) is 1.32. The van der Waals surface area contributed by atoms with Crippen LogP contribution in [-0.4, -0.2) is 52.7 Å². The number of aromatic nitrogens is 2. The number of likely N-dealkylation sites (tertiary alicyclic amines) is 1. The summed E-state index contributed by atoms with van der Waals surface area (Å²) in [6, 6.07) is 2.57. The third-order valence-corrected chi connectivity index (χ3v) is 4.83. The highest BCUT2D eigenvalue weighted by Gasteiger charge is 2.30. The van der Waals surface area contributed by atoms with Crippen LogP contribution in [0.15, 0.2) is 12.4 Å². The van der Waals surface area contributed by atoms with Crippen LogP contribution in [0.25, 0.3) is 0 Å². The second kappa shape index (κ2) is 6.83. The molecule has 23 heavy (non-hydrogen) atoms. The highest BCUT2D eigenvalue weighted by atomic mass is 16.6. The highest BCUT2D eigenvalue weighted by Crippen LogP contribution is 2.24. The van der Waals surface area contributed by atoms with Crippen LogP contribution in [0.4, 0.5) is 10.6 Å². The van der Waals surface area contributed by atoms with Gasteiger partial charge >= 0.3 is 6.09 Å². The van der Waals surface area contributed by atoms with Gasteiger partial charge in [0.25, 0.3) is 0 Å². The predicted octanol–water partition coefficient (Wildman–Crippen LogP) is 2.48. The predicted molar refractivity (Wildman–Crippen MR) is 88.5 cm³/mol. The molecule has 2 aliphatic heterocycles. The Morgan fingerprint density at radius 2 is 2.04 bits per heavy atom. The molecule has 0 N–H and O–H groups in total. The average molecular weight is 318 g/mol. The van der Waals surface area contributed by atoms with Crippen molar-refractivity contribution >= 4 is 11.9 Å². The van der Waals surface area contributed by atoms with Crippen molar-refractivity contribution in [1.29, 1.82) is 0 Å². The van der Waals surface area contributed by atoms with Crippen LogP contribution in [0.3, 0.4) is 0 Å². The Bertz CT molecular complexity index is 555. The molecule has 0 aromatic carbocycles. The number of cyclic esters (lactones) is 1. The van der Waals surface area contributed by atoms with Crippen molar-refractivity contribution in [2.45, 2.75) is 52.2 Å². The van der Waals surface area contributed by atoms with Crippen LogP contribution in [0.5, 0.6) is 0 Å². The molecule has 0 unspecified atom stereocenters. The number of hydrogen-bond donors (Lipinski definition) is 0. The van der Waals surface area contributed by atoms with Crippen molar-refractivity contribution in [3.8, 4) is 0 Å². The van der Waals surface area contributed by atoms with Crippen molar-refractivity contribution < 1.29 is 9.53 Å². The Hall–Kier alpha value is -1.69. The summed E-state index contributed by atoms with van der Waals surface area (Å²) >= 11 is 0. The number of amides is 1. The topological polar surface area (TPSA) is 58.6 Å². The molecule has 0 spiro atoms. The Kier molecular flexibility index (Phi) is 4.80. The van der Waals surface area contributed by atoms with E-state index in [2.05, 4.69) is 28.7 Å². The van der Waals surface area contributed by atoms with Crippen LogP contribution < -0.4 is 4.90 Å². The van der Waals surface area contributed by atoms with E-state index in [1.165, 1.54) is 12.8 Å². The molecule has 2 saturated heterocycles. The summed E-state index contributed by atoms with van der Waals surface area (Å²) in [6.45, 7) is 9.29. The third kappa shape index (κ3) is 3.80. The fourth-order valence-electron chi connectivity index (χ4n) is 3.41.